The molecule has 12 nitrogen and oxygen atoms in total. The number of fused-ring (bicyclic) bond motifs is 1. The van der Waals surface area contributed by atoms with E-state index in [0.717, 1.165) is 10.9 Å². The van der Waals surface area contributed by atoms with Crippen LogP contribution in [0.25, 0.3) is 10.9 Å². The molecule has 0 spiro atoms. The molecule has 0 saturated carbocycles. The van der Waals surface area contributed by atoms with E-state index in [4.69, 9.17) is 15.9 Å². The highest BCUT2D eigenvalue weighted by Crippen LogP contribution is 2.19. The number of aliphatic carboxylic acids is 3. The Balaban J connectivity index is 2.24. The van der Waals surface area contributed by atoms with Crippen molar-refractivity contribution < 1.29 is 39.3 Å². The lowest BCUT2D eigenvalue weighted by molar-refractivity contribution is -0.143. The molecule has 0 fully saturated rings. The van der Waals surface area contributed by atoms with Crippen LogP contribution >= 0.6 is 0 Å². The number of nitrogens with one attached hydrogen (secondary N) is 3. The standard InChI is InChI=1S/C20H24N4O8/c21-12(8-17(27)28)18(29)24-15(7-10-9-22-13-4-2-1-3-11(10)13)19(30)23-14(20(31)32)5-6-16(25)26/h1-4,9,12,14-15,22H,5-8,21H2,(H,23,30)(H,24,29)(H,25,26)(H,27,28)(H,31,32)/t12-,14-,15-/m0/s1. The van der Waals surface area contributed by atoms with Crippen LogP contribution in [0.15, 0.2) is 30.5 Å². The Morgan fingerprint density at radius 2 is 1.59 bits per heavy atom. The molecule has 2 amide bonds. The van der Waals surface area contributed by atoms with Crippen LogP contribution in [0.1, 0.15) is 24.8 Å². The molecule has 1 heterocycles. The van der Waals surface area contributed by atoms with Crippen LogP contribution in [-0.4, -0.2) is 68.2 Å². The van der Waals surface area contributed by atoms with Crippen LogP contribution in [0.4, 0.5) is 0 Å². The minimum Gasteiger partial charge on any atom is -0.481 e. The van der Waals surface area contributed by atoms with Gasteiger partial charge in [0.25, 0.3) is 0 Å². The summed E-state index contributed by atoms with van der Waals surface area (Å²) in [5.74, 6) is -5.73. The lowest BCUT2D eigenvalue weighted by Crippen LogP contribution is -2.55. The first-order chi connectivity index (χ1) is 15.1. The maximum absolute atomic E-state index is 12.8. The second-order valence-electron chi connectivity index (χ2n) is 7.16. The van der Waals surface area contributed by atoms with Crippen molar-refractivity contribution in [1.29, 1.82) is 0 Å². The van der Waals surface area contributed by atoms with Crippen molar-refractivity contribution in [2.75, 3.05) is 0 Å². The predicted octanol–water partition coefficient (Wildman–Crippen LogP) is -0.569. The fraction of sp³-hybridized carbons (Fsp3) is 0.350. The van der Waals surface area contributed by atoms with Crippen LogP contribution < -0.4 is 16.4 Å². The van der Waals surface area contributed by atoms with Crippen LogP contribution in [0.2, 0.25) is 0 Å². The summed E-state index contributed by atoms with van der Waals surface area (Å²) in [6, 6.07) is 2.99. The first kappa shape index (κ1) is 24.3. The smallest absolute Gasteiger partial charge is 0.326 e. The zero-order valence-corrected chi connectivity index (χ0v) is 16.9. The van der Waals surface area contributed by atoms with E-state index >= 15 is 0 Å². The molecule has 0 unspecified atom stereocenters. The fourth-order valence-electron chi connectivity index (χ4n) is 3.09. The van der Waals surface area contributed by atoms with Crippen molar-refractivity contribution in [3.63, 3.8) is 0 Å². The van der Waals surface area contributed by atoms with Gasteiger partial charge in [-0.15, -0.1) is 0 Å². The average molecular weight is 448 g/mol. The zero-order chi connectivity index (χ0) is 23.8. The van der Waals surface area contributed by atoms with E-state index in [2.05, 4.69) is 15.6 Å². The van der Waals surface area contributed by atoms with Gasteiger partial charge in [0.15, 0.2) is 0 Å². The lowest BCUT2D eigenvalue weighted by Gasteiger charge is -2.22. The van der Waals surface area contributed by atoms with Gasteiger partial charge in [0.2, 0.25) is 11.8 Å². The number of hydrogen-bond acceptors (Lipinski definition) is 6. The zero-order valence-electron chi connectivity index (χ0n) is 16.9. The van der Waals surface area contributed by atoms with Crippen LogP contribution in [0, 0.1) is 0 Å². The molecule has 1 aromatic heterocycles. The molecule has 1 aromatic carbocycles. The number of rotatable bonds is 12. The molecule has 2 aromatic rings. The first-order valence-corrected chi connectivity index (χ1v) is 9.66. The van der Waals surface area contributed by atoms with Crippen molar-refractivity contribution in [2.45, 2.75) is 43.8 Å². The third-order valence-corrected chi connectivity index (χ3v) is 4.72. The molecule has 32 heavy (non-hydrogen) atoms. The second kappa shape index (κ2) is 10.9. The molecule has 0 bridgehead atoms. The summed E-state index contributed by atoms with van der Waals surface area (Å²) in [6.45, 7) is 0. The summed E-state index contributed by atoms with van der Waals surface area (Å²) < 4.78 is 0. The number of nitrogens with two attached hydrogens (primary N) is 1. The van der Waals surface area contributed by atoms with Gasteiger partial charge in [-0.1, -0.05) is 18.2 Å². The number of aromatic nitrogens is 1. The number of aromatic amines is 1. The summed E-state index contributed by atoms with van der Waals surface area (Å²) >= 11 is 0. The number of carboxylic acids is 3. The maximum atomic E-state index is 12.8. The Bertz CT molecular complexity index is 1020. The summed E-state index contributed by atoms with van der Waals surface area (Å²) in [5, 5.41) is 32.3. The van der Waals surface area contributed by atoms with E-state index in [-0.39, 0.29) is 12.8 Å². The molecule has 0 aliphatic heterocycles. The van der Waals surface area contributed by atoms with Crippen LogP contribution in [0.3, 0.4) is 0 Å². The van der Waals surface area contributed by atoms with E-state index in [0.29, 0.717) is 5.56 Å². The third kappa shape index (κ3) is 6.80. The number of benzene rings is 1. The molecule has 3 atom stereocenters. The third-order valence-electron chi connectivity index (χ3n) is 4.72. The molecule has 2 rings (SSSR count). The highest BCUT2D eigenvalue weighted by atomic mass is 16.4. The molecular formula is C20H24N4O8. The van der Waals surface area contributed by atoms with Gasteiger partial charge >= 0.3 is 17.9 Å². The Morgan fingerprint density at radius 1 is 0.938 bits per heavy atom. The van der Waals surface area contributed by atoms with E-state index in [1.807, 2.05) is 6.07 Å². The molecule has 0 saturated heterocycles. The Hall–Kier alpha value is -3.93. The van der Waals surface area contributed by atoms with Crippen molar-refractivity contribution in [2.24, 2.45) is 5.73 Å². The molecule has 12 heteroatoms. The monoisotopic (exact) mass is 448 g/mol. The SMILES string of the molecule is N[C@@H](CC(=O)O)C(=O)N[C@@H](Cc1c[nH]c2ccccc12)C(=O)N[C@@H](CCC(=O)O)C(=O)O. The van der Waals surface area contributed by atoms with E-state index in [9.17, 15) is 29.1 Å². The molecular weight excluding hydrogens is 424 g/mol. The van der Waals surface area contributed by atoms with E-state index in [1.165, 1.54) is 0 Å². The summed E-state index contributed by atoms with van der Waals surface area (Å²) in [7, 11) is 0. The minimum atomic E-state index is -1.49. The Labute approximate surface area is 181 Å². The predicted molar refractivity (Wildman–Crippen MR) is 111 cm³/mol. The lowest BCUT2D eigenvalue weighted by atomic mass is 10.0. The molecule has 0 radical (unpaired) electrons. The maximum Gasteiger partial charge on any atom is 0.326 e. The summed E-state index contributed by atoms with van der Waals surface area (Å²) in [5.41, 5.74) is 6.99. The van der Waals surface area contributed by atoms with Crippen molar-refractivity contribution in [3.8, 4) is 0 Å². The number of amides is 2. The van der Waals surface area contributed by atoms with Crippen molar-refractivity contribution >= 4 is 40.6 Å². The van der Waals surface area contributed by atoms with Gasteiger partial charge in [0.05, 0.1) is 12.5 Å². The molecule has 0 aliphatic carbocycles. The van der Waals surface area contributed by atoms with Gasteiger partial charge in [-0.05, 0) is 18.1 Å². The number of carbonyl (C=O) groups excluding carboxylic acids is 2. The van der Waals surface area contributed by atoms with E-state index in [1.54, 1.807) is 24.4 Å². The number of H-pyrrole nitrogens is 1. The highest BCUT2D eigenvalue weighted by Gasteiger charge is 2.29. The average Bonchev–Trinajstić information content (AvgIpc) is 3.12. The second-order valence-corrected chi connectivity index (χ2v) is 7.16. The summed E-state index contributed by atoms with van der Waals surface area (Å²) in [4.78, 5) is 61.2. The number of carbonyl (C=O) groups is 5. The normalized spacial score (nSPS) is 13.7. The number of hydrogen-bond donors (Lipinski definition) is 7. The highest BCUT2D eigenvalue weighted by molar-refractivity contribution is 5.94. The van der Waals surface area contributed by atoms with Crippen LogP contribution in [-0.2, 0) is 30.4 Å². The van der Waals surface area contributed by atoms with Crippen molar-refractivity contribution in [3.05, 3.63) is 36.0 Å². The quantitative estimate of drug-likeness (QED) is 0.221. The van der Waals surface area contributed by atoms with Gasteiger partial charge in [0, 0.05) is 29.9 Å². The minimum absolute atomic E-state index is 0.0490. The molecule has 0 aliphatic rings. The molecule has 172 valence electrons. The Kier molecular flexibility index (Phi) is 8.30. The largest absolute Gasteiger partial charge is 0.481 e. The molecule has 8 N–H and O–H groups in total. The van der Waals surface area contributed by atoms with Gasteiger partial charge in [-0.3, -0.25) is 19.2 Å². The van der Waals surface area contributed by atoms with Gasteiger partial charge in [-0.2, -0.15) is 0 Å². The first-order valence-electron chi connectivity index (χ1n) is 9.66. The van der Waals surface area contributed by atoms with Crippen LogP contribution in [0.5, 0.6) is 0 Å². The van der Waals surface area contributed by atoms with Gasteiger partial charge in [0.1, 0.15) is 12.1 Å². The van der Waals surface area contributed by atoms with E-state index < -0.39 is 60.7 Å². The van der Waals surface area contributed by atoms with Crippen molar-refractivity contribution in [1.82, 2.24) is 15.6 Å². The van der Waals surface area contributed by atoms with Gasteiger partial charge < -0.3 is 36.7 Å². The topological polar surface area (TPSA) is 212 Å². The fourth-order valence-corrected chi connectivity index (χ4v) is 3.09. The Morgan fingerprint density at radius 3 is 2.22 bits per heavy atom. The number of para-hydroxylation sites is 1. The number of carboxylic acid groups (broad SMARTS) is 3. The summed E-state index contributed by atoms with van der Waals surface area (Å²) in [6.07, 6.45) is 0.0759. The van der Waals surface area contributed by atoms with Gasteiger partial charge in [-0.25, -0.2) is 4.79 Å².